The van der Waals surface area contributed by atoms with Crippen molar-refractivity contribution in [2.45, 2.75) is 6.92 Å². The number of carbonyl (C=O) groups is 1. The van der Waals surface area contributed by atoms with Gasteiger partial charge in [0.1, 0.15) is 11.5 Å². The van der Waals surface area contributed by atoms with E-state index in [2.05, 4.69) is 4.98 Å². The van der Waals surface area contributed by atoms with E-state index in [-0.39, 0.29) is 5.69 Å². The number of aromatic amines is 1. The van der Waals surface area contributed by atoms with Crippen LogP contribution in [0.25, 0.3) is 10.9 Å². The first kappa shape index (κ1) is 8.74. The predicted octanol–water partition coefficient (Wildman–Crippen LogP) is 2.31. The summed E-state index contributed by atoms with van der Waals surface area (Å²) in [5, 5.41) is 9.04. The van der Waals surface area contributed by atoms with E-state index in [1.807, 2.05) is 0 Å². The smallest absolute Gasteiger partial charge is 0.352 e. The molecular weight excluding hydrogens is 185 g/mol. The van der Waals surface area contributed by atoms with Crippen molar-refractivity contribution in [2.75, 3.05) is 0 Å². The van der Waals surface area contributed by atoms with Gasteiger partial charge in [-0.25, -0.2) is 9.18 Å². The average Bonchev–Trinajstić information content (AvgIpc) is 2.57. The highest BCUT2D eigenvalue weighted by Gasteiger charge is 2.11. The second-order valence-corrected chi connectivity index (χ2v) is 3.14. The highest BCUT2D eigenvalue weighted by Crippen LogP contribution is 2.22. The summed E-state index contributed by atoms with van der Waals surface area (Å²) in [6, 6.07) is 4.25. The Morgan fingerprint density at radius 3 is 2.79 bits per heavy atom. The summed E-state index contributed by atoms with van der Waals surface area (Å²) in [4.78, 5) is 13.3. The zero-order chi connectivity index (χ0) is 10.3. The number of aromatic carboxylic acids is 1. The maximum Gasteiger partial charge on any atom is 0.352 e. The number of nitrogens with one attached hydrogen (secondary N) is 1. The number of rotatable bonds is 1. The van der Waals surface area contributed by atoms with Gasteiger partial charge in [0, 0.05) is 5.39 Å². The monoisotopic (exact) mass is 193 g/mol. The van der Waals surface area contributed by atoms with Crippen molar-refractivity contribution < 1.29 is 14.3 Å². The Morgan fingerprint density at radius 1 is 1.50 bits per heavy atom. The van der Waals surface area contributed by atoms with Gasteiger partial charge in [0.15, 0.2) is 0 Å². The molecule has 2 N–H and O–H groups in total. The fourth-order valence-electron chi connectivity index (χ4n) is 1.44. The Morgan fingerprint density at radius 2 is 2.21 bits per heavy atom. The number of hydrogen-bond acceptors (Lipinski definition) is 1. The third-order valence-corrected chi connectivity index (χ3v) is 2.18. The predicted molar refractivity (Wildman–Crippen MR) is 50.0 cm³/mol. The molecule has 0 amide bonds. The van der Waals surface area contributed by atoms with Crippen LogP contribution >= 0.6 is 0 Å². The van der Waals surface area contributed by atoms with Crippen LogP contribution in [0.5, 0.6) is 0 Å². The molecule has 1 aromatic heterocycles. The molecule has 0 radical (unpaired) electrons. The molecule has 0 atom stereocenters. The Labute approximate surface area is 79.2 Å². The minimum Gasteiger partial charge on any atom is -0.477 e. The molecule has 4 heteroatoms. The van der Waals surface area contributed by atoms with E-state index in [1.165, 1.54) is 12.1 Å². The van der Waals surface area contributed by atoms with Crippen molar-refractivity contribution in [1.82, 2.24) is 4.98 Å². The molecule has 0 aliphatic heterocycles. The lowest BCUT2D eigenvalue weighted by atomic mass is 10.1. The van der Waals surface area contributed by atoms with Gasteiger partial charge >= 0.3 is 5.97 Å². The number of halogens is 1. The van der Waals surface area contributed by atoms with Gasteiger partial charge in [0.05, 0.1) is 5.52 Å². The lowest BCUT2D eigenvalue weighted by molar-refractivity contribution is 0.0691. The number of carboxylic acids is 1. The van der Waals surface area contributed by atoms with Crippen molar-refractivity contribution in [3.8, 4) is 0 Å². The molecule has 0 unspecified atom stereocenters. The van der Waals surface area contributed by atoms with E-state index >= 15 is 0 Å². The second-order valence-electron chi connectivity index (χ2n) is 3.14. The highest BCUT2D eigenvalue weighted by molar-refractivity contribution is 5.94. The Balaban J connectivity index is 2.82. The summed E-state index contributed by atoms with van der Waals surface area (Å²) in [6.07, 6.45) is 0. The van der Waals surface area contributed by atoms with Crippen molar-refractivity contribution in [3.63, 3.8) is 0 Å². The van der Waals surface area contributed by atoms with Crippen LogP contribution in [0.1, 0.15) is 16.1 Å². The lowest BCUT2D eigenvalue weighted by Gasteiger charge is -1.95. The third kappa shape index (κ3) is 1.16. The van der Waals surface area contributed by atoms with Crippen LogP contribution in [0.2, 0.25) is 0 Å². The summed E-state index contributed by atoms with van der Waals surface area (Å²) >= 11 is 0. The molecule has 0 saturated carbocycles. The SMILES string of the molecule is Cc1ccc(F)c2cc(C(=O)O)[nH]c12. The van der Waals surface area contributed by atoms with Gasteiger partial charge < -0.3 is 10.1 Å². The normalized spacial score (nSPS) is 10.7. The van der Waals surface area contributed by atoms with E-state index in [4.69, 9.17) is 5.11 Å². The quantitative estimate of drug-likeness (QED) is 0.730. The van der Waals surface area contributed by atoms with Gasteiger partial charge in [0.25, 0.3) is 0 Å². The highest BCUT2D eigenvalue weighted by atomic mass is 19.1. The van der Waals surface area contributed by atoms with Crippen molar-refractivity contribution >= 4 is 16.9 Å². The first-order chi connectivity index (χ1) is 6.59. The van der Waals surface area contributed by atoms with Gasteiger partial charge in [-0.05, 0) is 24.6 Å². The molecule has 0 aliphatic rings. The first-order valence-electron chi connectivity index (χ1n) is 4.10. The molecule has 3 nitrogen and oxygen atoms in total. The van der Waals surface area contributed by atoms with Crippen molar-refractivity contribution in [2.24, 2.45) is 0 Å². The fraction of sp³-hybridized carbons (Fsp3) is 0.100. The molecule has 2 aromatic rings. The zero-order valence-corrected chi connectivity index (χ0v) is 7.47. The van der Waals surface area contributed by atoms with E-state index in [0.29, 0.717) is 10.9 Å². The number of hydrogen-bond donors (Lipinski definition) is 2. The molecule has 1 aromatic carbocycles. The Bertz CT molecular complexity index is 477. The summed E-state index contributed by atoms with van der Waals surface area (Å²) in [5.41, 5.74) is 1.38. The number of fused-ring (bicyclic) bond motifs is 1. The molecule has 14 heavy (non-hydrogen) atoms. The molecule has 1 heterocycles. The largest absolute Gasteiger partial charge is 0.477 e. The molecule has 0 aliphatic carbocycles. The van der Waals surface area contributed by atoms with Crippen LogP contribution in [0.4, 0.5) is 4.39 Å². The third-order valence-electron chi connectivity index (χ3n) is 2.18. The number of aromatic nitrogens is 1. The van der Waals surface area contributed by atoms with Crippen LogP contribution in [-0.2, 0) is 0 Å². The summed E-state index contributed by atoms with van der Waals surface area (Å²) < 4.78 is 13.2. The van der Waals surface area contributed by atoms with E-state index in [1.54, 1.807) is 13.0 Å². The summed E-state index contributed by atoms with van der Waals surface area (Å²) in [5.74, 6) is -1.49. The van der Waals surface area contributed by atoms with Gasteiger partial charge in [-0.2, -0.15) is 0 Å². The maximum atomic E-state index is 13.2. The molecule has 0 fully saturated rings. The van der Waals surface area contributed by atoms with Gasteiger partial charge in [-0.15, -0.1) is 0 Å². The zero-order valence-electron chi connectivity index (χ0n) is 7.47. The number of aryl methyl sites for hydroxylation is 1. The molecule has 0 saturated heterocycles. The van der Waals surface area contributed by atoms with Crippen LogP contribution in [0.3, 0.4) is 0 Å². The average molecular weight is 193 g/mol. The topological polar surface area (TPSA) is 53.1 Å². The van der Waals surface area contributed by atoms with Crippen molar-refractivity contribution in [1.29, 1.82) is 0 Å². The van der Waals surface area contributed by atoms with E-state index < -0.39 is 11.8 Å². The number of carboxylic acid groups (broad SMARTS) is 1. The maximum absolute atomic E-state index is 13.2. The fourth-order valence-corrected chi connectivity index (χ4v) is 1.44. The van der Waals surface area contributed by atoms with Crippen LogP contribution in [0, 0.1) is 12.7 Å². The van der Waals surface area contributed by atoms with Crippen LogP contribution < -0.4 is 0 Å². The van der Waals surface area contributed by atoms with E-state index in [0.717, 1.165) is 5.56 Å². The summed E-state index contributed by atoms with van der Waals surface area (Å²) in [7, 11) is 0. The van der Waals surface area contributed by atoms with Crippen LogP contribution in [-0.4, -0.2) is 16.1 Å². The Hall–Kier alpha value is -1.84. The number of H-pyrrole nitrogens is 1. The van der Waals surface area contributed by atoms with E-state index in [9.17, 15) is 9.18 Å². The Kier molecular flexibility index (Phi) is 1.77. The summed E-state index contributed by atoms with van der Waals surface area (Å²) in [6.45, 7) is 1.80. The molecule has 0 bridgehead atoms. The molecule has 2 rings (SSSR count). The lowest BCUT2D eigenvalue weighted by Crippen LogP contribution is -1.94. The minimum absolute atomic E-state index is 0.00759. The standard InChI is InChI=1S/C10H8FNO2/c1-5-2-3-7(11)6-4-8(10(13)14)12-9(5)6/h2-4,12H,1H3,(H,13,14). The minimum atomic E-state index is -1.08. The molecular formula is C10H8FNO2. The van der Waals surface area contributed by atoms with Gasteiger partial charge in [0.2, 0.25) is 0 Å². The van der Waals surface area contributed by atoms with Gasteiger partial charge in [-0.3, -0.25) is 0 Å². The molecule has 0 spiro atoms. The molecule has 72 valence electrons. The van der Waals surface area contributed by atoms with Crippen LogP contribution in [0.15, 0.2) is 18.2 Å². The number of benzene rings is 1. The van der Waals surface area contributed by atoms with Gasteiger partial charge in [-0.1, -0.05) is 6.07 Å². The first-order valence-corrected chi connectivity index (χ1v) is 4.10. The second kappa shape index (κ2) is 2.83. The van der Waals surface area contributed by atoms with Crippen molar-refractivity contribution in [3.05, 3.63) is 35.3 Å².